The summed E-state index contributed by atoms with van der Waals surface area (Å²) < 4.78 is 32.9. The summed E-state index contributed by atoms with van der Waals surface area (Å²) in [6, 6.07) is 18.0. The van der Waals surface area contributed by atoms with E-state index in [1.807, 2.05) is 26.8 Å². The summed E-state index contributed by atoms with van der Waals surface area (Å²) in [7, 11) is -2.59. The number of rotatable bonds is 5. The normalized spacial score (nSPS) is 11.2. The van der Waals surface area contributed by atoms with Crippen LogP contribution in [-0.4, -0.2) is 21.4 Å². The number of ether oxygens (including phenoxy) is 1. The third kappa shape index (κ3) is 4.17. The Balaban J connectivity index is 2.16. The summed E-state index contributed by atoms with van der Waals surface area (Å²) >= 11 is 0. The minimum Gasteiger partial charge on any atom is -0.497 e. The molecule has 0 aliphatic rings. The Labute approximate surface area is 171 Å². The van der Waals surface area contributed by atoms with Crippen LogP contribution in [0.15, 0.2) is 71.6 Å². The van der Waals surface area contributed by atoms with Gasteiger partial charge in [-0.15, -0.1) is 0 Å². The molecule has 150 valence electrons. The molecule has 0 unspecified atom stereocenters. The van der Waals surface area contributed by atoms with Gasteiger partial charge < -0.3 is 4.74 Å². The van der Waals surface area contributed by atoms with Crippen molar-refractivity contribution >= 4 is 21.6 Å². The van der Waals surface area contributed by atoms with E-state index in [1.165, 1.54) is 19.2 Å². The van der Waals surface area contributed by atoms with E-state index in [4.69, 9.17) is 4.74 Å². The number of amides is 1. The highest BCUT2D eigenvalue weighted by atomic mass is 32.2. The Morgan fingerprint density at radius 1 is 0.828 bits per heavy atom. The van der Waals surface area contributed by atoms with Crippen LogP contribution in [0.1, 0.15) is 27.0 Å². The number of aryl methyl sites for hydroxylation is 3. The van der Waals surface area contributed by atoms with Gasteiger partial charge in [0.15, 0.2) is 0 Å². The summed E-state index contributed by atoms with van der Waals surface area (Å²) in [5.41, 5.74) is 3.42. The average molecular weight is 410 g/mol. The van der Waals surface area contributed by atoms with E-state index < -0.39 is 15.9 Å². The number of benzene rings is 3. The Morgan fingerprint density at radius 2 is 1.45 bits per heavy atom. The van der Waals surface area contributed by atoms with E-state index in [0.717, 1.165) is 21.0 Å². The second kappa shape index (κ2) is 8.09. The van der Waals surface area contributed by atoms with Crippen LogP contribution in [0.5, 0.6) is 5.75 Å². The molecule has 5 nitrogen and oxygen atoms in total. The van der Waals surface area contributed by atoms with Crippen LogP contribution < -0.4 is 9.04 Å². The Kier molecular flexibility index (Phi) is 5.75. The van der Waals surface area contributed by atoms with Crippen LogP contribution in [0.4, 0.5) is 5.69 Å². The van der Waals surface area contributed by atoms with Crippen molar-refractivity contribution in [3.63, 3.8) is 0 Å². The molecule has 0 radical (unpaired) electrons. The van der Waals surface area contributed by atoms with Gasteiger partial charge in [0.2, 0.25) is 0 Å². The number of carbonyl (C=O) groups excluding carboxylic acids is 1. The molecule has 0 fully saturated rings. The zero-order chi connectivity index (χ0) is 21.2. The maximum atomic E-state index is 13.4. The number of nitrogens with zero attached hydrogens (tertiary/aromatic N) is 1. The van der Waals surface area contributed by atoms with Crippen molar-refractivity contribution in [3.05, 3.63) is 89.0 Å². The lowest BCUT2D eigenvalue weighted by atomic mass is 10.1. The molecule has 0 heterocycles. The van der Waals surface area contributed by atoms with E-state index >= 15 is 0 Å². The molecule has 1 amide bonds. The molecule has 0 atom stereocenters. The molecule has 0 N–H and O–H groups in total. The number of anilines is 1. The first-order valence-corrected chi connectivity index (χ1v) is 10.6. The van der Waals surface area contributed by atoms with Crippen LogP contribution in [0.3, 0.4) is 0 Å². The highest BCUT2D eigenvalue weighted by molar-refractivity contribution is 7.93. The first-order valence-electron chi connectivity index (χ1n) is 9.11. The van der Waals surface area contributed by atoms with Crippen molar-refractivity contribution in [1.29, 1.82) is 0 Å². The SMILES string of the molecule is COc1ccc(N(C(=O)c2ccc(C)c(C)c2)S(=O)(=O)c2ccc(C)cc2)cc1. The molecule has 3 aromatic rings. The predicted molar refractivity (Wildman–Crippen MR) is 114 cm³/mol. The van der Waals surface area contributed by atoms with Crippen molar-refractivity contribution in [2.24, 2.45) is 0 Å². The summed E-state index contributed by atoms with van der Waals surface area (Å²) in [5.74, 6) is -0.0427. The Morgan fingerprint density at radius 3 is 2.00 bits per heavy atom. The van der Waals surface area contributed by atoms with Crippen molar-refractivity contribution in [2.45, 2.75) is 25.7 Å². The fourth-order valence-corrected chi connectivity index (χ4v) is 4.30. The highest BCUT2D eigenvalue weighted by Crippen LogP contribution is 2.28. The van der Waals surface area contributed by atoms with E-state index in [9.17, 15) is 13.2 Å². The minimum atomic E-state index is -4.12. The number of carbonyl (C=O) groups is 1. The van der Waals surface area contributed by atoms with Crippen molar-refractivity contribution in [3.8, 4) is 5.75 Å². The predicted octanol–water partition coefficient (Wildman–Crippen LogP) is 4.66. The third-order valence-electron chi connectivity index (χ3n) is 4.80. The topological polar surface area (TPSA) is 63.7 Å². The van der Waals surface area contributed by atoms with Crippen LogP contribution in [0.25, 0.3) is 0 Å². The van der Waals surface area contributed by atoms with Crippen LogP contribution in [-0.2, 0) is 10.0 Å². The molecule has 6 heteroatoms. The van der Waals surface area contributed by atoms with Gasteiger partial charge >= 0.3 is 0 Å². The molecular weight excluding hydrogens is 386 g/mol. The number of hydrogen-bond acceptors (Lipinski definition) is 4. The largest absolute Gasteiger partial charge is 0.497 e. The lowest BCUT2D eigenvalue weighted by Gasteiger charge is -2.23. The zero-order valence-corrected chi connectivity index (χ0v) is 17.7. The lowest BCUT2D eigenvalue weighted by Crippen LogP contribution is -2.37. The molecule has 0 saturated heterocycles. The Hall–Kier alpha value is -3.12. The number of methoxy groups -OCH3 is 1. The van der Waals surface area contributed by atoms with Gasteiger partial charge in [0, 0.05) is 5.56 Å². The van der Waals surface area contributed by atoms with E-state index in [0.29, 0.717) is 11.3 Å². The van der Waals surface area contributed by atoms with Crippen LogP contribution >= 0.6 is 0 Å². The van der Waals surface area contributed by atoms with Crippen molar-refractivity contribution < 1.29 is 17.9 Å². The first kappa shape index (κ1) is 20.6. The molecule has 0 aliphatic carbocycles. The maximum Gasteiger partial charge on any atom is 0.272 e. The smallest absolute Gasteiger partial charge is 0.272 e. The van der Waals surface area contributed by atoms with Gasteiger partial charge in [-0.1, -0.05) is 23.8 Å². The zero-order valence-electron chi connectivity index (χ0n) is 16.8. The summed E-state index contributed by atoms with van der Waals surface area (Å²) in [6.07, 6.45) is 0. The van der Waals surface area contributed by atoms with Gasteiger partial charge in [-0.25, -0.2) is 8.42 Å². The second-order valence-corrected chi connectivity index (χ2v) is 8.67. The summed E-state index contributed by atoms with van der Waals surface area (Å²) in [6.45, 7) is 5.70. The van der Waals surface area contributed by atoms with E-state index in [2.05, 4.69) is 0 Å². The Bertz CT molecular complexity index is 1130. The van der Waals surface area contributed by atoms with Gasteiger partial charge in [0.25, 0.3) is 15.9 Å². The number of hydrogen-bond donors (Lipinski definition) is 0. The van der Waals surface area contributed by atoms with Gasteiger partial charge in [-0.05, 0) is 80.4 Å². The molecule has 0 saturated carbocycles. The third-order valence-corrected chi connectivity index (χ3v) is 6.53. The highest BCUT2D eigenvalue weighted by Gasteiger charge is 2.32. The molecule has 0 aromatic heterocycles. The number of sulfonamides is 1. The van der Waals surface area contributed by atoms with Gasteiger partial charge in [-0.2, -0.15) is 4.31 Å². The monoisotopic (exact) mass is 409 g/mol. The van der Waals surface area contributed by atoms with Crippen molar-refractivity contribution in [2.75, 3.05) is 11.4 Å². The standard InChI is InChI=1S/C23H23NO4S/c1-16-5-13-22(14-6-16)29(26,27)24(20-9-11-21(28-4)12-10-20)23(25)19-8-7-17(2)18(3)15-19/h5-15H,1-4H3. The fraction of sp³-hybridized carbons (Fsp3) is 0.174. The van der Waals surface area contributed by atoms with Crippen LogP contribution in [0.2, 0.25) is 0 Å². The maximum absolute atomic E-state index is 13.4. The molecule has 3 aromatic carbocycles. The molecule has 3 rings (SSSR count). The second-order valence-electron chi connectivity index (χ2n) is 6.88. The lowest BCUT2D eigenvalue weighted by molar-refractivity contribution is 0.100. The quantitative estimate of drug-likeness (QED) is 0.615. The van der Waals surface area contributed by atoms with Crippen molar-refractivity contribution in [1.82, 2.24) is 0 Å². The average Bonchev–Trinajstić information content (AvgIpc) is 2.71. The summed E-state index contributed by atoms with van der Waals surface area (Å²) in [4.78, 5) is 13.4. The summed E-state index contributed by atoms with van der Waals surface area (Å²) in [5, 5.41) is 0. The fourth-order valence-electron chi connectivity index (χ4n) is 2.89. The molecule has 29 heavy (non-hydrogen) atoms. The van der Waals surface area contributed by atoms with Gasteiger partial charge in [-0.3, -0.25) is 4.79 Å². The minimum absolute atomic E-state index is 0.0519. The van der Waals surface area contributed by atoms with Gasteiger partial charge in [0.05, 0.1) is 17.7 Å². The van der Waals surface area contributed by atoms with Crippen LogP contribution in [0, 0.1) is 20.8 Å². The van der Waals surface area contributed by atoms with Gasteiger partial charge in [0.1, 0.15) is 5.75 Å². The first-order chi connectivity index (χ1) is 13.7. The molecule has 0 spiro atoms. The molecular formula is C23H23NO4S. The molecule has 0 bridgehead atoms. The van der Waals surface area contributed by atoms with E-state index in [1.54, 1.807) is 48.5 Å². The molecule has 0 aliphatic heterocycles. The van der Waals surface area contributed by atoms with E-state index in [-0.39, 0.29) is 10.6 Å².